The van der Waals surface area contributed by atoms with Crippen molar-refractivity contribution in [2.24, 2.45) is 0 Å². The highest BCUT2D eigenvalue weighted by Gasteiger charge is 2.46. The van der Waals surface area contributed by atoms with Gasteiger partial charge in [0.05, 0.1) is 30.7 Å². The molecule has 2 aliphatic rings. The molecular weight excluding hydrogens is 278 g/mol. The molecule has 1 aromatic carbocycles. The van der Waals surface area contributed by atoms with Gasteiger partial charge in [-0.2, -0.15) is 5.10 Å². The van der Waals surface area contributed by atoms with Gasteiger partial charge in [-0.05, 0) is 32.0 Å². The van der Waals surface area contributed by atoms with Crippen LogP contribution in [-0.4, -0.2) is 52.1 Å². The molecule has 0 amide bonds. The highest BCUT2D eigenvalue weighted by Crippen LogP contribution is 2.40. The fraction of sp³-hybridized carbons (Fsp3) is 0.471. The Morgan fingerprint density at radius 3 is 2.55 bits per heavy atom. The van der Waals surface area contributed by atoms with Gasteiger partial charge in [0.15, 0.2) is 0 Å². The van der Waals surface area contributed by atoms with E-state index >= 15 is 0 Å². The van der Waals surface area contributed by atoms with Crippen LogP contribution in [0.15, 0.2) is 42.7 Å². The van der Waals surface area contributed by atoms with Crippen molar-refractivity contribution < 1.29 is 9.84 Å². The van der Waals surface area contributed by atoms with Crippen LogP contribution < -0.4 is 0 Å². The van der Waals surface area contributed by atoms with Gasteiger partial charge in [-0.1, -0.05) is 18.2 Å². The second-order valence-corrected chi connectivity index (χ2v) is 6.46. The zero-order valence-corrected chi connectivity index (χ0v) is 12.7. The number of morpholine rings is 1. The van der Waals surface area contributed by atoms with Crippen molar-refractivity contribution in [3.05, 3.63) is 48.3 Å². The zero-order chi connectivity index (χ0) is 15.2. The number of nitrogens with zero attached hydrogens (tertiary/aromatic N) is 3. The first kappa shape index (κ1) is 13.9. The summed E-state index contributed by atoms with van der Waals surface area (Å²) in [6.07, 6.45) is 5.15. The van der Waals surface area contributed by atoms with E-state index in [0.717, 1.165) is 11.3 Å². The van der Waals surface area contributed by atoms with Gasteiger partial charge in [-0.25, -0.2) is 4.68 Å². The summed E-state index contributed by atoms with van der Waals surface area (Å²) in [4.78, 5) is 2.35. The molecule has 2 aliphatic heterocycles. The Hall–Kier alpha value is -1.69. The van der Waals surface area contributed by atoms with E-state index in [0.29, 0.717) is 26.1 Å². The molecule has 1 aromatic heterocycles. The summed E-state index contributed by atoms with van der Waals surface area (Å²) >= 11 is 0. The largest absolute Gasteiger partial charge is 0.385 e. The van der Waals surface area contributed by atoms with E-state index in [-0.39, 0.29) is 12.1 Å². The Morgan fingerprint density at radius 2 is 1.86 bits per heavy atom. The quantitative estimate of drug-likeness (QED) is 0.914. The molecule has 5 heteroatoms. The maximum absolute atomic E-state index is 11.2. The van der Waals surface area contributed by atoms with Gasteiger partial charge in [0.2, 0.25) is 0 Å². The monoisotopic (exact) mass is 299 g/mol. The number of benzene rings is 1. The number of aromatic nitrogens is 2. The summed E-state index contributed by atoms with van der Waals surface area (Å²) in [6, 6.07) is 10.5. The number of rotatable bonds is 2. The predicted molar refractivity (Wildman–Crippen MR) is 82.9 cm³/mol. The fourth-order valence-corrected chi connectivity index (χ4v) is 3.66. The minimum Gasteiger partial charge on any atom is -0.385 e. The van der Waals surface area contributed by atoms with Gasteiger partial charge >= 0.3 is 0 Å². The third-order valence-electron chi connectivity index (χ3n) is 5.06. The highest BCUT2D eigenvalue weighted by molar-refractivity contribution is 5.32. The van der Waals surface area contributed by atoms with Gasteiger partial charge in [0.1, 0.15) is 0 Å². The molecule has 5 nitrogen and oxygen atoms in total. The second kappa shape index (κ2) is 5.19. The highest BCUT2D eigenvalue weighted by atomic mass is 16.5. The molecule has 1 N–H and O–H groups in total. The second-order valence-electron chi connectivity index (χ2n) is 6.46. The SMILES string of the molecule is CN1C2COCC1CC(O)(c1cnn(-c3ccccc3)c1)C2. The standard InChI is InChI=1S/C17H21N3O2/c1-19-15-7-17(21,8-16(19)12-22-11-15)13-9-18-20(10-13)14-5-3-2-4-6-14/h2-6,9-10,15-16,21H,7-8,11-12H2,1H3. The zero-order valence-electron chi connectivity index (χ0n) is 12.7. The molecule has 2 unspecified atom stereocenters. The molecular formula is C17H21N3O2. The molecule has 2 bridgehead atoms. The minimum atomic E-state index is -0.807. The molecule has 2 saturated heterocycles. The number of ether oxygens (including phenoxy) is 1. The van der Waals surface area contributed by atoms with Crippen LogP contribution in [0.1, 0.15) is 18.4 Å². The summed E-state index contributed by atoms with van der Waals surface area (Å²) in [7, 11) is 2.13. The molecule has 4 rings (SSSR count). The van der Waals surface area contributed by atoms with Crippen LogP contribution in [0.3, 0.4) is 0 Å². The lowest BCUT2D eigenvalue weighted by Crippen LogP contribution is -2.59. The third-order valence-corrected chi connectivity index (χ3v) is 5.06. The van der Waals surface area contributed by atoms with E-state index in [1.807, 2.05) is 41.2 Å². The molecule has 2 aromatic rings. The molecule has 0 spiro atoms. The number of para-hydroxylation sites is 1. The minimum absolute atomic E-state index is 0.276. The number of likely N-dealkylation sites (N-methyl/N-ethyl adjacent to an activating group) is 1. The van der Waals surface area contributed by atoms with Gasteiger partial charge in [0.25, 0.3) is 0 Å². The maximum atomic E-state index is 11.2. The Kier molecular flexibility index (Phi) is 3.29. The number of hydrogen-bond acceptors (Lipinski definition) is 4. The van der Waals surface area contributed by atoms with Crippen LogP contribution in [0.4, 0.5) is 0 Å². The van der Waals surface area contributed by atoms with Crippen molar-refractivity contribution >= 4 is 0 Å². The Morgan fingerprint density at radius 1 is 1.18 bits per heavy atom. The van der Waals surface area contributed by atoms with Crippen molar-refractivity contribution in [1.29, 1.82) is 0 Å². The van der Waals surface area contributed by atoms with Crippen LogP contribution in [0.2, 0.25) is 0 Å². The molecule has 3 heterocycles. The number of piperidine rings is 1. The summed E-state index contributed by atoms with van der Waals surface area (Å²) in [5.41, 5.74) is 1.11. The van der Waals surface area contributed by atoms with Gasteiger partial charge in [-0.3, -0.25) is 4.90 Å². The van der Waals surface area contributed by atoms with Crippen LogP contribution in [0, 0.1) is 0 Å². The van der Waals surface area contributed by atoms with E-state index in [1.165, 1.54) is 0 Å². The molecule has 2 fully saturated rings. The Labute approximate surface area is 130 Å². The van der Waals surface area contributed by atoms with Crippen LogP contribution in [0.25, 0.3) is 5.69 Å². The summed E-state index contributed by atoms with van der Waals surface area (Å²) in [6.45, 7) is 1.39. The van der Waals surface area contributed by atoms with Gasteiger partial charge in [0, 0.05) is 23.8 Å². The molecule has 0 aliphatic carbocycles. The Balaban J connectivity index is 1.63. The maximum Gasteiger partial charge on any atom is 0.0958 e. The summed E-state index contributed by atoms with van der Waals surface area (Å²) < 4.78 is 7.47. The first-order valence-corrected chi connectivity index (χ1v) is 7.78. The van der Waals surface area contributed by atoms with E-state index in [9.17, 15) is 5.11 Å². The lowest BCUT2D eigenvalue weighted by atomic mass is 9.78. The average molecular weight is 299 g/mol. The lowest BCUT2D eigenvalue weighted by Gasteiger charge is -2.50. The first-order valence-electron chi connectivity index (χ1n) is 7.78. The molecule has 0 radical (unpaired) electrons. The van der Waals surface area contributed by atoms with Crippen LogP contribution in [0.5, 0.6) is 0 Å². The summed E-state index contributed by atoms with van der Waals surface area (Å²) in [5, 5.41) is 15.6. The van der Waals surface area contributed by atoms with Crippen LogP contribution >= 0.6 is 0 Å². The van der Waals surface area contributed by atoms with Crippen molar-refractivity contribution in [2.45, 2.75) is 30.5 Å². The molecule has 22 heavy (non-hydrogen) atoms. The van der Waals surface area contributed by atoms with Crippen molar-refractivity contribution in [3.63, 3.8) is 0 Å². The van der Waals surface area contributed by atoms with E-state index in [2.05, 4.69) is 17.0 Å². The third kappa shape index (κ3) is 2.26. The van der Waals surface area contributed by atoms with Crippen molar-refractivity contribution in [2.75, 3.05) is 20.3 Å². The van der Waals surface area contributed by atoms with Crippen molar-refractivity contribution in [3.8, 4) is 5.69 Å². The topological polar surface area (TPSA) is 50.5 Å². The normalized spacial score (nSPS) is 32.1. The molecule has 116 valence electrons. The average Bonchev–Trinajstić information content (AvgIpc) is 3.01. The van der Waals surface area contributed by atoms with Gasteiger partial charge < -0.3 is 9.84 Å². The smallest absolute Gasteiger partial charge is 0.0958 e. The summed E-state index contributed by atoms with van der Waals surface area (Å²) in [5.74, 6) is 0. The lowest BCUT2D eigenvalue weighted by molar-refractivity contribution is -0.137. The van der Waals surface area contributed by atoms with Crippen LogP contribution in [-0.2, 0) is 10.3 Å². The van der Waals surface area contributed by atoms with E-state index in [1.54, 1.807) is 6.20 Å². The van der Waals surface area contributed by atoms with E-state index < -0.39 is 5.60 Å². The number of aliphatic hydroxyl groups is 1. The predicted octanol–water partition coefficient (Wildman–Crippen LogP) is 1.55. The molecule has 2 atom stereocenters. The van der Waals surface area contributed by atoms with E-state index in [4.69, 9.17) is 4.74 Å². The van der Waals surface area contributed by atoms with Gasteiger partial charge in [-0.15, -0.1) is 0 Å². The fourth-order valence-electron chi connectivity index (χ4n) is 3.66. The number of fused-ring (bicyclic) bond motifs is 2. The van der Waals surface area contributed by atoms with Crippen molar-refractivity contribution in [1.82, 2.24) is 14.7 Å². The molecule has 0 saturated carbocycles. The number of hydrogen-bond donors (Lipinski definition) is 1. The first-order chi connectivity index (χ1) is 10.7. The Bertz CT molecular complexity index is 641.